The third-order valence-electron chi connectivity index (χ3n) is 8.18. The summed E-state index contributed by atoms with van der Waals surface area (Å²) < 4.78 is 0. The van der Waals surface area contributed by atoms with Crippen molar-refractivity contribution in [3.05, 3.63) is 40.3 Å². The van der Waals surface area contributed by atoms with Crippen molar-refractivity contribution in [3.63, 3.8) is 0 Å². The lowest BCUT2D eigenvalue weighted by Crippen LogP contribution is -2.75. The molecule has 7 atom stereocenters. The zero-order valence-electron chi connectivity index (χ0n) is 20.1. The fourth-order valence-corrected chi connectivity index (χ4v) is 7.55. The molecule has 1 heterocycles. The molecule has 0 radical (unpaired) electrons. The summed E-state index contributed by atoms with van der Waals surface area (Å²) in [7, 11) is 3.24. The molecule has 2 fully saturated rings. The van der Waals surface area contributed by atoms with Gasteiger partial charge in [0.05, 0.1) is 17.6 Å². The van der Waals surface area contributed by atoms with E-state index in [4.69, 9.17) is 5.73 Å². The quantitative estimate of drug-likeness (QED) is 0.438. The van der Waals surface area contributed by atoms with Crippen LogP contribution in [0.3, 0.4) is 0 Å². The van der Waals surface area contributed by atoms with Crippen LogP contribution in [0.5, 0.6) is 5.75 Å². The number of carbonyl (C=O) groups is 4. The molecule has 9 nitrogen and oxygen atoms in total. The maximum absolute atomic E-state index is 13.8. The Labute approximate surface area is 211 Å². The Hall–Kier alpha value is -2.92. The highest BCUT2D eigenvalue weighted by Gasteiger charge is 2.69. The normalized spacial score (nSPS) is 33.8. The van der Waals surface area contributed by atoms with Crippen LogP contribution in [-0.4, -0.2) is 75.3 Å². The minimum Gasteiger partial charge on any atom is -0.507 e. The van der Waals surface area contributed by atoms with Crippen molar-refractivity contribution in [3.8, 4) is 16.2 Å². The highest BCUT2D eigenvalue weighted by Crippen LogP contribution is 2.52. The van der Waals surface area contributed by atoms with Crippen LogP contribution in [0.1, 0.15) is 27.2 Å². The first kappa shape index (κ1) is 24.8. The molecule has 36 heavy (non-hydrogen) atoms. The Morgan fingerprint density at radius 2 is 1.83 bits per heavy atom. The predicted molar refractivity (Wildman–Crippen MR) is 130 cm³/mol. The molecule has 190 valence electrons. The average molecular weight is 513 g/mol. The van der Waals surface area contributed by atoms with Gasteiger partial charge in [0, 0.05) is 21.7 Å². The summed E-state index contributed by atoms with van der Waals surface area (Å²) in [6, 6.07) is 6.15. The molecule has 3 aliphatic rings. The number of aliphatic hydroxyl groups is 2. The maximum Gasteiger partial charge on any atom is 0.230 e. The van der Waals surface area contributed by atoms with Crippen molar-refractivity contribution < 1.29 is 34.5 Å². The van der Waals surface area contributed by atoms with Crippen molar-refractivity contribution in [2.75, 3.05) is 14.1 Å². The molecule has 5 N–H and O–H groups in total. The lowest BCUT2D eigenvalue weighted by molar-refractivity contribution is -0.190. The van der Waals surface area contributed by atoms with Crippen LogP contribution in [0.4, 0.5) is 0 Å². The third kappa shape index (κ3) is 3.25. The number of ketones is 3. The fourth-order valence-electron chi connectivity index (χ4n) is 6.63. The van der Waals surface area contributed by atoms with Gasteiger partial charge in [-0.2, -0.15) is 0 Å². The van der Waals surface area contributed by atoms with Gasteiger partial charge in [0.2, 0.25) is 5.91 Å². The first-order chi connectivity index (χ1) is 16.9. The van der Waals surface area contributed by atoms with E-state index in [1.165, 1.54) is 6.07 Å². The second kappa shape index (κ2) is 8.31. The van der Waals surface area contributed by atoms with Gasteiger partial charge >= 0.3 is 0 Å². The molecule has 1 aromatic heterocycles. The van der Waals surface area contributed by atoms with Crippen LogP contribution in [0, 0.1) is 30.6 Å². The van der Waals surface area contributed by atoms with Crippen LogP contribution in [0.25, 0.3) is 10.4 Å². The highest BCUT2D eigenvalue weighted by atomic mass is 32.1. The molecule has 3 unspecified atom stereocenters. The lowest BCUT2D eigenvalue weighted by atomic mass is 9.52. The number of phenols is 1. The zero-order chi connectivity index (χ0) is 26.3. The zero-order valence-corrected chi connectivity index (χ0v) is 20.9. The molecule has 3 aliphatic carbocycles. The number of fused-ring (bicyclic) bond motifs is 3. The van der Waals surface area contributed by atoms with Crippen molar-refractivity contribution in [2.45, 2.75) is 37.5 Å². The van der Waals surface area contributed by atoms with Crippen molar-refractivity contribution >= 4 is 34.6 Å². The highest BCUT2D eigenvalue weighted by molar-refractivity contribution is 7.15. The minimum atomic E-state index is -2.65. The minimum absolute atomic E-state index is 0.0223. The van der Waals surface area contributed by atoms with Gasteiger partial charge in [-0.1, -0.05) is 0 Å². The summed E-state index contributed by atoms with van der Waals surface area (Å²) in [4.78, 5) is 56.6. The average Bonchev–Trinajstić information content (AvgIpc) is 3.22. The standard InChI is InChI=1S/C26H28N2O7S/c1-10-4-7-16(36-10)12-5-6-15(29)18-13(12)8-11-9-14-20(28(2)3)22(31)19(25(27)34)24(33)26(14,35)23(32)17(11)21(18)30/h4-7,11,14,17,19-20,22,29,31,35H,8-9H2,1-3H3,(H2,27,34)/t11-,14-,17?,19?,20-,22?,26-/m1/s1. The van der Waals surface area contributed by atoms with Gasteiger partial charge < -0.3 is 26.0 Å². The largest absolute Gasteiger partial charge is 0.507 e. The smallest absolute Gasteiger partial charge is 0.230 e. The molecule has 0 bridgehead atoms. The van der Waals surface area contributed by atoms with E-state index in [0.29, 0.717) is 5.56 Å². The second-order valence-electron chi connectivity index (χ2n) is 10.4. The lowest BCUT2D eigenvalue weighted by Gasteiger charge is -2.54. The topological polar surface area (TPSA) is 158 Å². The van der Waals surface area contributed by atoms with Crippen LogP contribution in [0.15, 0.2) is 24.3 Å². The van der Waals surface area contributed by atoms with E-state index >= 15 is 0 Å². The number of Topliss-reactive ketones (excluding diaryl/α,β-unsaturated/α-hetero) is 3. The Balaban J connectivity index is 1.65. The molecular formula is C26H28N2O7S. The number of nitrogens with two attached hydrogens (primary N) is 1. The van der Waals surface area contributed by atoms with E-state index in [2.05, 4.69) is 0 Å². The van der Waals surface area contributed by atoms with E-state index in [0.717, 1.165) is 15.3 Å². The molecule has 2 aromatic rings. The number of hydrogen-bond acceptors (Lipinski definition) is 9. The first-order valence-electron chi connectivity index (χ1n) is 11.8. The number of carbonyl (C=O) groups excluding carboxylic acids is 4. The van der Waals surface area contributed by atoms with Crippen LogP contribution in [0.2, 0.25) is 0 Å². The fraction of sp³-hybridized carbons (Fsp3) is 0.462. The SMILES string of the molecule is Cc1ccc(-c2ccc(O)c3c2C[C@@H]2C[C@@H]4[C@@H](N(C)C)C(O)C(C(N)=O)C(=O)[C@]4(O)C(=O)C2C3=O)s1. The number of hydrogen-bond donors (Lipinski definition) is 4. The predicted octanol–water partition coefficient (Wildman–Crippen LogP) is 0.696. The molecule has 0 aliphatic heterocycles. The van der Waals surface area contributed by atoms with Gasteiger partial charge in [0.15, 0.2) is 23.0 Å². The number of aliphatic hydroxyl groups excluding tert-OH is 1. The van der Waals surface area contributed by atoms with Crippen molar-refractivity contribution in [1.82, 2.24) is 4.90 Å². The van der Waals surface area contributed by atoms with Gasteiger partial charge in [-0.25, -0.2) is 0 Å². The number of aromatic hydroxyl groups is 1. The molecule has 1 aromatic carbocycles. The number of rotatable bonds is 3. The molecule has 5 rings (SSSR count). The number of benzene rings is 1. The molecular weight excluding hydrogens is 484 g/mol. The van der Waals surface area contributed by atoms with Crippen LogP contribution >= 0.6 is 11.3 Å². The van der Waals surface area contributed by atoms with Crippen LogP contribution in [-0.2, 0) is 20.8 Å². The van der Waals surface area contributed by atoms with Gasteiger partial charge in [-0.05, 0) is 75.2 Å². The number of nitrogens with zero attached hydrogens (tertiary/aromatic N) is 1. The third-order valence-corrected chi connectivity index (χ3v) is 9.21. The summed E-state index contributed by atoms with van der Waals surface area (Å²) >= 11 is 1.55. The van der Waals surface area contributed by atoms with Gasteiger partial charge in [0.1, 0.15) is 11.7 Å². The van der Waals surface area contributed by atoms with Crippen molar-refractivity contribution in [1.29, 1.82) is 0 Å². The van der Waals surface area contributed by atoms with E-state index < -0.39 is 64.7 Å². The van der Waals surface area contributed by atoms with Crippen molar-refractivity contribution in [2.24, 2.45) is 29.4 Å². The number of thiophene rings is 1. The molecule has 2 saturated carbocycles. The summed E-state index contributed by atoms with van der Waals surface area (Å²) in [6.45, 7) is 1.97. The molecule has 0 saturated heterocycles. The summed E-state index contributed by atoms with van der Waals surface area (Å²) in [5.41, 5.74) is 4.18. The Morgan fingerprint density at radius 3 is 2.42 bits per heavy atom. The Bertz CT molecular complexity index is 1320. The van der Waals surface area contributed by atoms with Crippen LogP contribution < -0.4 is 5.73 Å². The number of amides is 1. The summed E-state index contributed by atoms with van der Waals surface area (Å²) in [6.07, 6.45) is -1.15. The Kier molecular flexibility index (Phi) is 5.71. The second-order valence-corrected chi connectivity index (χ2v) is 11.7. The van der Waals surface area contributed by atoms with Gasteiger partial charge in [-0.3, -0.25) is 19.2 Å². The Morgan fingerprint density at radius 1 is 1.14 bits per heavy atom. The number of primary amides is 1. The maximum atomic E-state index is 13.8. The molecule has 0 spiro atoms. The van der Waals surface area contributed by atoms with E-state index in [1.807, 2.05) is 19.1 Å². The van der Waals surface area contributed by atoms with E-state index in [-0.39, 0.29) is 24.2 Å². The van der Waals surface area contributed by atoms with Gasteiger partial charge in [0.25, 0.3) is 0 Å². The molecule has 1 amide bonds. The number of phenolic OH excluding ortho intramolecular Hbond substituents is 1. The number of aryl methyl sites for hydroxylation is 1. The van der Waals surface area contributed by atoms with E-state index in [1.54, 1.807) is 36.4 Å². The summed E-state index contributed by atoms with van der Waals surface area (Å²) in [5.74, 6) is -8.97. The molecule has 10 heteroatoms. The first-order valence-corrected chi connectivity index (χ1v) is 12.6. The van der Waals surface area contributed by atoms with Gasteiger partial charge in [-0.15, -0.1) is 11.3 Å². The summed E-state index contributed by atoms with van der Waals surface area (Å²) in [5, 5.41) is 33.2. The number of likely N-dealkylation sites (N-methyl/N-ethyl adjacent to an activating group) is 1. The van der Waals surface area contributed by atoms with E-state index in [9.17, 15) is 34.5 Å². The monoisotopic (exact) mass is 512 g/mol.